The summed E-state index contributed by atoms with van der Waals surface area (Å²) in [4.78, 5) is 25.1. The van der Waals surface area contributed by atoms with Crippen LogP contribution in [0.1, 0.15) is 32.6 Å². The van der Waals surface area contributed by atoms with Crippen molar-refractivity contribution in [2.24, 2.45) is 5.92 Å². The molecule has 6 heteroatoms. The molecule has 126 valence electrons. The van der Waals surface area contributed by atoms with E-state index < -0.39 is 5.97 Å². The molecule has 1 aromatic carbocycles. The lowest BCUT2D eigenvalue weighted by molar-refractivity contribution is -0.137. The molecule has 1 amide bonds. The van der Waals surface area contributed by atoms with E-state index in [1.807, 2.05) is 6.92 Å². The van der Waals surface area contributed by atoms with Crippen molar-refractivity contribution in [3.63, 3.8) is 0 Å². The van der Waals surface area contributed by atoms with E-state index in [-0.39, 0.29) is 24.2 Å². The van der Waals surface area contributed by atoms with Crippen molar-refractivity contribution >= 4 is 17.6 Å². The molecule has 5 nitrogen and oxygen atoms in total. The summed E-state index contributed by atoms with van der Waals surface area (Å²) in [5.74, 6) is -1.03. The lowest BCUT2D eigenvalue weighted by Crippen LogP contribution is -2.47. The topological polar surface area (TPSA) is 69.6 Å². The van der Waals surface area contributed by atoms with Crippen LogP contribution >= 0.6 is 0 Å². The van der Waals surface area contributed by atoms with Crippen molar-refractivity contribution in [1.29, 1.82) is 0 Å². The zero-order valence-corrected chi connectivity index (χ0v) is 13.3. The largest absolute Gasteiger partial charge is 0.481 e. The lowest BCUT2D eigenvalue weighted by atomic mass is 9.92. The normalized spacial score (nSPS) is 20.0. The molecule has 1 saturated heterocycles. The molecule has 1 aliphatic heterocycles. The number of benzene rings is 1. The number of hydrogen-bond acceptors (Lipinski definition) is 3. The molecule has 2 rings (SSSR count). The average Bonchev–Trinajstić information content (AvgIpc) is 2.52. The number of nitrogens with one attached hydrogen (secondary N) is 1. The number of hydrogen-bond donors (Lipinski definition) is 2. The molecule has 0 saturated carbocycles. The number of anilines is 1. The van der Waals surface area contributed by atoms with Crippen LogP contribution in [0.5, 0.6) is 0 Å². The second kappa shape index (κ2) is 8.06. The maximum atomic E-state index is 13.2. The van der Waals surface area contributed by atoms with Crippen molar-refractivity contribution < 1.29 is 19.1 Å². The fourth-order valence-corrected chi connectivity index (χ4v) is 2.99. The van der Waals surface area contributed by atoms with Crippen LogP contribution in [-0.4, -0.2) is 41.0 Å². The summed E-state index contributed by atoms with van der Waals surface area (Å²) < 4.78 is 13.2. The Morgan fingerprint density at radius 2 is 2.26 bits per heavy atom. The van der Waals surface area contributed by atoms with Crippen molar-refractivity contribution in [2.45, 2.75) is 38.6 Å². The first-order valence-corrected chi connectivity index (χ1v) is 7.98. The van der Waals surface area contributed by atoms with Gasteiger partial charge in [-0.3, -0.25) is 14.5 Å². The second-order valence-corrected chi connectivity index (χ2v) is 6.11. The molecular formula is C17H23FN2O3. The minimum absolute atomic E-state index is 0.169. The predicted molar refractivity (Wildman–Crippen MR) is 85.7 cm³/mol. The molecule has 0 radical (unpaired) electrons. The van der Waals surface area contributed by atoms with Crippen LogP contribution in [0.3, 0.4) is 0 Å². The van der Waals surface area contributed by atoms with E-state index in [2.05, 4.69) is 10.2 Å². The van der Waals surface area contributed by atoms with Gasteiger partial charge in [0.25, 0.3) is 0 Å². The van der Waals surface area contributed by atoms with Crippen LogP contribution in [0, 0.1) is 11.7 Å². The molecule has 23 heavy (non-hydrogen) atoms. The van der Waals surface area contributed by atoms with E-state index >= 15 is 0 Å². The van der Waals surface area contributed by atoms with Gasteiger partial charge in [0.15, 0.2) is 0 Å². The fourth-order valence-electron chi connectivity index (χ4n) is 2.99. The Morgan fingerprint density at radius 1 is 1.48 bits per heavy atom. The molecule has 0 aliphatic carbocycles. The highest BCUT2D eigenvalue weighted by Crippen LogP contribution is 2.23. The summed E-state index contributed by atoms with van der Waals surface area (Å²) in [7, 11) is 0. The van der Waals surface area contributed by atoms with Gasteiger partial charge in [0, 0.05) is 18.7 Å². The molecule has 1 fully saturated rings. The third-order valence-electron chi connectivity index (χ3n) is 4.34. The van der Waals surface area contributed by atoms with Crippen molar-refractivity contribution in [3.05, 3.63) is 30.1 Å². The minimum atomic E-state index is -0.779. The highest BCUT2D eigenvalue weighted by molar-refractivity contribution is 5.94. The molecule has 2 unspecified atom stereocenters. The standard InChI is InChI=1S/C17H23FN2O3/c1-12(17(23)19-15-6-2-5-14(18)10-15)20-9-3-4-13(11-20)7-8-16(21)22/h2,5-6,10,12-13H,3-4,7-9,11H2,1H3,(H,19,23)(H,21,22). The summed E-state index contributed by atoms with van der Waals surface area (Å²) >= 11 is 0. The van der Waals surface area contributed by atoms with E-state index in [0.29, 0.717) is 18.0 Å². The Hall–Kier alpha value is -1.95. The summed E-state index contributed by atoms with van der Waals surface area (Å²) in [6.07, 6.45) is 2.77. The summed E-state index contributed by atoms with van der Waals surface area (Å²) in [6, 6.07) is 5.50. The first-order valence-electron chi connectivity index (χ1n) is 7.98. The predicted octanol–water partition coefficient (Wildman–Crippen LogP) is 2.73. The molecule has 1 aliphatic rings. The Morgan fingerprint density at radius 3 is 2.96 bits per heavy atom. The number of piperidine rings is 1. The van der Waals surface area contributed by atoms with Gasteiger partial charge >= 0.3 is 5.97 Å². The molecular weight excluding hydrogens is 299 g/mol. The van der Waals surface area contributed by atoms with E-state index in [1.54, 1.807) is 12.1 Å². The Bertz CT molecular complexity index is 565. The second-order valence-electron chi connectivity index (χ2n) is 6.11. The van der Waals surface area contributed by atoms with Gasteiger partial charge in [-0.15, -0.1) is 0 Å². The number of carbonyl (C=O) groups excluding carboxylic acids is 1. The van der Waals surface area contributed by atoms with Gasteiger partial charge in [0.05, 0.1) is 6.04 Å². The van der Waals surface area contributed by atoms with Crippen molar-refractivity contribution in [1.82, 2.24) is 4.90 Å². The van der Waals surface area contributed by atoms with Gasteiger partial charge in [-0.25, -0.2) is 4.39 Å². The highest BCUT2D eigenvalue weighted by Gasteiger charge is 2.27. The van der Waals surface area contributed by atoms with Crippen LogP contribution in [0.2, 0.25) is 0 Å². The number of carboxylic acids is 1. The van der Waals surface area contributed by atoms with E-state index in [0.717, 1.165) is 25.9 Å². The number of nitrogens with zero attached hydrogens (tertiary/aromatic N) is 1. The summed E-state index contributed by atoms with van der Waals surface area (Å²) in [5, 5.41) is 11.5. The van der Waals surface area contributed by atoms with Crippen LogP contribution in [0.15, 0.2) is 24.3 Å². The van der Waals surface area contributed by atoms with Crippen molar-refractivity contribution in [3.8, 4) is 0 Å². The zero-order valence-electron chi connectivity index (χ0n) is 13.3. The Kier molecular flexibility index (Phi) is 6.10. The molecule has 2 atom stereocenters. The third kappa shape index (κ3) is 5.32. The van der Waals surface area contributed by atoms with E-state index in [4.69, 9.17) is 5.11 Å². The Labute approximate surface area is 135 Å². The lowest BCUT2D eigenvalue weighted by Gasteiger charge is -2.36. The first-order chi connectivity index (χ1) is 11.0. The number of carboxylic acid groups (broad SMARTS) is 1. The number of amides is 1. The zero-order chi connectivity index (χ0) is 16.8. The minimum Gasteiger partial charge on any atom is -0.481 e. The number of halogens is 1. The maximum Gasteiger partial charge on any atom is 0.303 e. The van der Waals surface area contributed by atoms with Crippen LogP contribution < -0.4 is 5.32 Å². The molecule has 0 spiro atoms. The van der Waals surface area contributed by atoms with Crippen LogP contribution in [0.4, 0.5) is 10.1 Å². The van der Waals surface area contributed by atoms with Crippen molar-refractivity contribution in [2.75, 3.05) is 18.4 Å². The molecule has 0 bridgehead atoms. The molecule has 1 aromatic rings. The van der Waals surface area contributed by atoms with E-state index in [9.17, 15) is 14.0 Å². The molecule has 2 N–H and O–H groups in total. The number of aliphatic carboxylic acids is 1. The average molecular weight is 322 g/mol. The fraction of sp³-hybridized carbons (Fsp3) is 0.529. The number of carbonyl (C=O) groups is 2. The third-order valence-corrected chi connectivity index (χ3v) is 4.34. The maximum absolute atomic E-state index is 13.2. The molecule has 1 heterocycles. The van der Waals surface area contributed by atoms with Gasteiger partial charge in [0.1, 0.15) is 5.82 Å². The van der Waals surface area contributed by atoms with Gasteiger partial charge in [-0.1, -0.05) is 6.07 Å². The van der Waals surface area contributed by atoms with Gasteiger partial charge in [-0.05, 0) is 56.8 Å². The monoisotopic (exact) mass is 322 g/mol. The number of rotatable bonds is 6. The molecule has 0 aromatic heterocycles. The summed E-state index contributed by atoms with van der Waals surface area (Å²) in [5.41, 5.74) is 0.446. The quantitative estimate of drug-likeness (QED) is 0.845. The van der Waals surface area contributed by atoms with Crippen LogP contribution in [0.25, 0.3) is 0 Å². The summed E-state index contributed by atoms with van der Waals surface area (Å²) in [6.45, 7) is 3.38. The Balaban J connectivity index is 1.89. The first kappa shape index (κ1) is 17.4. The number of likely N-dealkylation sites (tertiary alicyclic amines) is 1. The van der Waals surface area contributed by atoms with Gasteiger partial charge in [0.2, 0.25) is 5.91 Å². The van der Waals surface area contributed by atoms with Gasteiger partial charge in [-0.2, -0.15) is 0 Å². The SMILES string of the molecule is CC(C(=O)Nc1cccc(F)c1)N1CCCC(CCC(=O)O)C1. The smallest absolute Gasteiger partial charge is 0.303 e. The highest BCUT2D eigenvalue weighted by atomic mass is 19.1. The van der Waals surface area contributed by atoms with Crippen LogP contribution in [-0.2, 0) is 9.59 Å². The van der Waals surface area contributed by atoms with E-state index in [1.165, 1.54) is 12.1 Å². The van der Waals surface area contributed by atoms with Gasteiger partial charge < -0.3 is 10.4 Å².